The quantitative estimate of drug-likeness (QED) is 0.529. The van der Waals surface area contributed by atoms with Crippen molar-refractivity contribution in [1.82, 2.24) is 0 Å². The molecule has 6 nitrogen and oxygen atoms in total. The molecule has 0 fully saturated rings. The Hall–Kier alpha value is -4.06. The first-order chi connectivity index (χ1) is 14.1. The molecule has 0 saturated carbocycles. The Morgan fingerprint density at radius 3 is 2.34 bits per heavy atom. The number of nitrogens with two attached hydrogens (primary N) is 1. The number of hydrogen-bond acceptors (Lipinski definition) is 4. The Bertz CT molecular complexity index is 1200. The van der Waals surface area contributed by atoms with Gasteiger partial charge in [0, 0.05) is 28.3 Å². The van der Waals surface area contributed by atoms with Gasteiger partial charge in [0.15, 0.2) is 0 Å². The molecule has 0 unspecified atom stereocenters. The van der Waals surface area contributed by atoms with E-state index in [-0.39, 0.29) is 5.76 Å². The Labute approximate surface area is 166 Å². The second kappa shape index (κ2) is 7.52. The maximum atomic E-state index is 13.0. The number of rotatable bonds is 5. The maximum Gasteiger partial charge on any atom is 0.292 e. The molecule has 0 bridgehead atoms. The van der Waals surface area contributed by atoms with Gasteiger partial charge in [0.1, 0.15) is 11.3 Å². The number of amides is 2. The molecule has 29 heavy (non-hydrogen) atoms. The topological polar surface area (TPSA) is 94.6 Å². The SMILES string of the molecule is COc1ccc2c(-c3ccccc3)c(C(=O)Nc3ccc(C(N)=O)cc3)oc2c1. The van der Waals surface area contributed by atoms with Crippen molar-refractivity contribution < 1.29 is 18.7 Å². The van der Waals surface area contributed by atoms with E-state index in [9.17, 15) is 9.59 Å². The van der Waals surface area contributed by atoms with Crippen LogP contribution < -0.4 is 15.8 Å². The van der Waals surface area contributed by atoms with Gasteiger partial charge in [-0.2, -0.15) is 0 Å². The Balaban J connectivity index is 1.77. The summed E-state index contributed by atoms with van der Waals surface area (Å²) in [6, 6.07) is 21.4. The number of hydrogen-bond donors (Lipinski definition) is 2. The molecule has 0 radical (unpaired) electrons. The second-order valence-electron chi connectivity index (χ2n) is 6.43. The van der Waals surface area contributed by atoms with Gasteiger partial charge in [0.25, 0.3) is 5.91 Å². The first-order valence-corrected chi connectivity index (χ1v) is 8.94. The lowest BCUT2D eigenvalue weighted by molar-refractivity contribution is 0.0993. The third kappa shape index (κ3) is 3.55. The average molecular weight is 386 g/mol. The normalized spacial score (nSPS) is 10.7. The zero-order valence-electron chi connectivity index (χ0n) is 15.6. The van der Waals surface area contributed by atoms with Gasteiger partial charge in [-0.15, -0.1) is 0 Å². The standard InChI is InChI=1S/C23H18N2O4/c1-28-17-11-12-18-19(13-17)29-21(20(18)14-5-3-2-4-6-14)23(27)25-16-9-7-15(8-10-16)22(24)26/h2-13H,1H3,(H2,24,26)(H,25,27). The van der Waals surface area contributed by atoms with E-state index in [1.807, 2.05) is 42.5 Å². The molecule has 0 aliphatic heterocycles. The summed E-state index contributed by atoms with van der Waals surface area (Å²) in [4.78, 5) is 24.2. The number of methoxy groups -OCH3 is 1. The van der Waals surface area contributed by atoms with Gasteiger partial charge in [-0.1, -0.05) is 30.3 Å². The molecule has 0 spiro atoms. The van der Waals surface area contributed by atoms with Crippen LogP contribution in [0, 0.1) is 0 Å². The molecule has 6 heteroatoms. The van der Waals surface area contributed by atoms with Crippen molar-refractivity contribution in [1.29, 1.82) is 0 Å². The van der Waals surface area contributed by atoms with Crippen LogP contribution in [0.25, 0.3) is 22.1 Å². The molecule has 0 saturated heterocycles. The van der Waals surface area contributed by atoms with E-state index in [1.165, 1.54) is 0 Å². The van der Waals surface area contributed by atoms with Gasteiger partial charge >= 0.3 is 0 Å². The van der Waals surface area contributed by atoms with E-state index >= 15 is 0 Å². The van der Waals surface area contributed by atoms with Crippen molar-refractivity contribution in [3.63, 3.8) is 0 Å². The van der Waals surface area contributed by atoms with E-state index in [1.54, 1.807) is 37.4 Å². The summed E-state index contributed by atoms with van der Waals surface area (Å²) in [5, 5.41) is 3.62. The first kappa shape index (κ1) is 18.3. The van der Waals surface area contributed by atoms with Crippen molar-refractivity contribution in [2.24, 2.45) is 5.73 Å². The van der Waals surface area contributed by atoms with E-state index < -0.39 is 11.8 Å². The predicted octanol–water partition coefficient (Wildman–Crippen LogP) is 4.46. The lowest BCUT2D eigenvalue weighted by Crippen LogP contribution is -2.13. The fourth-order valence-corrected chi connectivity index (χ4v) is 3.16. The minimum atomic E-state index is -0.527. The zero-order chi connectivity index (χ0) is 20.4. The van der Waals surface area contributed by atoms with Crippen LogP contribution in [-0.2, 0) is 0 Å². The van der Waals surface area contributed by atoms with Gasteiger partial charge < -0.3 is 20.2 Å². The molecular formula is C23H18N2O4. The first-order valence-electron chi connectivity index (χ1n) is 8.94. The highest BCUT2D eigenvalue weighted by Crippen LogP contribution is 2.36. The minimum absolute atomic E-state index is 0.193. The summed E-state index contributed by atoms with van der Waals surface area (Å²) >= 11 is 0. The number of nitrogens with one attached hydrogen (secondary N) is 1. The predicted molar refractivity (Wildman–Crippen MR) is 111 cm³/mol. The summed E-state index contributed by atoms with van der Waals surface area (Å²) in [6.07, 6.45) is 0. The molecular weight excluding hydrogens is 368 g/mol. The number of anilines is 1. The maximum absolute atomic E-state index is 13.0. The van der Waals surface area contributed by atoms with Crippen LogP contribution in [0.15, 0.2) is 77.2 Å². The monoisotopic (exact) mass is 386 g/mol. The fraction of sp³-hybridized carbons (Fsp3) is 0.0435. The molecule has 144 valence electrons. The Morgan fingerprint density at radius 1 is 0.966 bits per heavy atom. The molecule has 3 N–H and O–H groups in total. The van der Waals surface area contributed by atoms with Crippen LogP contribution in [0.4, 0.5) is 5.69 Å². The summed E-state index contributed by atoms with van der Waals surface area (Å²) in [5.74, 6) is -0.0930. The van der Waals surface area contributed by atoms with Gasteiger partial charge in [0.2, 0.25) is 11.7 Å². The lowest BCUT2D eigenvalue weighted by Gasteiger charge is -2.06. The fourth-order valence-electron chi connectivity index (χ4n) is 3.16. The minimum Gasteiger partial charge on any atom is -0.497 e. The molecule has 0 aliphatic rings. The van der Waals surface area contributed by atoms with Gasteiger partial charge in [-0.05, 0) is 42.0 Å². The number of furan rings is 1. The molecule has 1 aromatic heterocycles. The smallest absolute Gasteiger partial charge is 0.292 e. The largest absolute Gasteiger partial charge is 0.497 e. The molecule has 0 aliphatic carbocycles. The van der Waals surface area contributed by atoms with Gasteiger partial charge in [-0.25, -0.2) is 0 Å². The highest BCUT2D eigenvalue weighted by atomic mass is 16.5. The van der Waals surface area contributed by atoms with E-state index in [0.29, 0.717) is 28.1 Å². The lowest BCUT2D eigenvalue weighted by atomic mass is 10.0. The Morgan fingerprint density at radius 2 is 1.69 bits per heavy atom. The average Bonchev–Trinajstić information content (AvgIpc) is 3.13. The number of carbonyl (C=O) groups is 2. The van der Waals surface area contributed by atoms with E-state index in [0.717, 1.165) is 10.9 Å². The zero-order valence-corrected chi connectivity index (χ0v) is 15.6. The van der Waals surface area contributed by atoms with Crippen molar-refractivity contribution in [3.05, 3.63) is 84.1 Å². The molecule has 2 amide bonds. The van der Waals surface area contributed by atoms with E-state index in [4.69, 9.17) is 14.9 Å². The summed E-state index contributed by atoms with van der Waals surface area (Å²) in [7, 11) is 1.57. The van der Waals surface area contributed by atoms with Crippen LogP contribution in [0.5, 0.6) is 5.75 Å². The van der Waals surface area contributed by atoms with Crippen molar-refractivity contribution in [2.75, 3.05) is 12.4 Å². The molecule has 1 heterocycles. The Kier molecular flexibility index (Phi) is 4.75. The van der Waals surface area contributed by atoms with Crippen LogP contribution in [0.2, 0.25) is 0 Å². The highest BCUT2D eigenvalue weighted by molar-refractivity contribution is 6.12. The number of fused-ring (bicyclic) bond motifs is 1. The third-order valence-corrected chi connectivity index (χ3v) is 4.59. The van der Waals surface area contributed by atoms with E-state index in [2.05, 4.69) is 5.32 Å². The van der Waals surface area contributed by atoms with Crippen molar-refractivity contribution >= 4 is 28.5 Å². The number of carbonyl (C=O) groups excluding carboxylic acids is 2. The van der Waals surface area contributed by atoms with Crippen LogP contribution in [0.3, 0.4) is 0 Å². The molecule has 3 aromatic carbocycles. The molecule has 4 aromatic rings. The number of ether oxygens (including phenoxy) is 1. The summed E-state index contributed by atoms with van der Waals surface area (Å²) < 4.78 is 11.2. The highest BCUT2D eigenvalue weighted by Gasteiger charge is 2.22. The number of benzene rings is 3. The summed E-state index contributed by atoms with van der Waals surface area (Å²) in [5.41, 5.74) is 8.27. The molecule has 0 atom stereocenters. The van der Waals surface area contributed by atoms with Crippen molar-refractivity contribution in [3.8, 4) is 16.9 Å². The van der Waals surface area contributed by atoms with Gasteiger partial charge in [-0.3, -0.25) is 9.59 Å². The summed E-state index contributed by atoms with van der Waals surface area (Å²) in [6.45, 7) is 0. The second-order valence-corrected chi connectivity index (χ2v) is 6.43. The van der Waals surface area contributed by atoms with Crippen LogP contribution in [-0.4, -0.2) is 18.9 Å². The van der Waals surface area contributed by atoms with Crippen LogP contribution >= 0.6 is 0 Å². The van der Waals surface area contributed by atoms with Crippen molar-refractivity contribution in [2.45, 2.75) is 0 Å². The number of primary amides is 1. The van der Waals surface area contributed by atoms with Crippen LogP contribution in [0.1, 0.15) is 20.9 Å². The third-order valence-electron chi connectivity index (χ3n) is 4.59. The molecule has 4 rings (SSSR count). The van der Waals surface area contributed by atoms with Gasteiger partial charge in [0.05, 0.1) is 7.11 Å².